The summed E-state index contributed by atoms with van der Waals surface area (Å²) in [5.74, 6) is 0.128. The minimum atomic E-state index is -0.216. The summed E-state index contributed by atoms with van der Waals surface area (Å²) in [4.78, 5) is 12.0. The molecule has 0 N–H and O–H groups in total. The van der Waals surface area contributed by atoms with E-state index in [1.165, 1.54) is 0 Å². The van der Waals surface area contributed by atoms with Gasteiger partial charge in [-0.25, -0.2) is 0 Å². The van der Waals surface area contributed by atoms with Crippen molar-refractivity contribution in [2.75, 3.05) is 4.43 Å². The Kier molecular flexibility index (Phi) is 3.75. The molecule has 0 aromatic heterocycles. The van der Waals surface area contributed by atoms with Crippen molar-refractivity contribution in [3.8, 4) is 0 Å². The zero-order valence-electron chi connectivity index (χ0n) is 8.36. The Labute approximate surface area is 103 Å². The first-order valence-electron chi connectivity index (χ1n) is 5.12. The van der Waals surface area contributed by atoms with Crippen LogP contribution in [0.1, 0.15) is 23.2 Å². The van der Waals surface area contributed by atoms with E-state index in [2.05, 4.69) is 22.6 Å². The summed E-state index contributed by atoms with van der Waals surface area (Å²) in [7, 11) is 0. The second-order valence-corrected chi connectivity index (χ2v) is 4.59. The predicted octanol–water partition coefficient (Wildman–Crippen LogP) is 2.85. The summed E-state index contributed by atoms with van der Waals surface area (Å²) in [6.07, 6.45) is 1.92. The van der Waals surface area contributed by atoms with Crippen LogP contribution in [0.5, 0.6) is 0 Å². The van der Waals surface area contributed by atoms with Crippen molar-refractivity contribution in [1.82, 2.24) is 0 Å². The number of halogens is 1. The third-order valence-corrected chi connectivity index (χ3v) is 3.61. The van der Waals surface area contributed by atoms with Crippen LogP contribution in [0.4, 0.5) is 0 Å². The van der Waals surface area contributed by atoms with Crippen LogP contribution in [0.15, 0.2) is 30.3 Å². The maximum Gasteiger partial charge on any atom is 0.191 e. The lowest BCUT2D eigenvalue weighted by atomic mass is 10.0. The first-order valence-corrected chi connectivity index (χ1v) is 6.64. The molecule has 1 aromatic carbocycles. The Morgan fingerprint density at radius 2 is 2.07 bits per heavy atom. The summed E-state index contributed by atoms with van der Waals surface area (Å²) >= 11 is 2.30. The third kappa shape index (κ3) is 2.58. The monoisotopic (exact) mass is 316 g/mol. The summed E-state index contributed by atoms with van der Waals surface area (Å²) in [5, 5.41) is 0. The molecule has 2 rings (SSSR count). The number of ketones is 1. The molecule has 0 radical (unpaired) electrons. The van der Waals surface area contributed by atoms with Gasteiger partial charge in [0, 0.05) is 9.99 Å². The molecular formula is C12H13IO2. The number of Topliss-reactive ketones (excluding diaryl/α,β-unsaturated/α-hetero) is 1. The van der Waals surface area contributed by atoms with Crippen LogP contribution in [-0.2, 0) is 4.74 Å². The van der Waals surface area contributed by atoms with Crippen molar-refractivity contribution in [1.29, 1.82) is 0 Å². The molecule has 0 bridgehead atoms. The number of carbonyl (C=O) groups is 1. The fourth-order valence-corrected chi connectivity index (χ4v) is 2.45. The maximum atomic E-state index is 12.0. The van der Waals surface area contributed by atoms with Crippen molar-refractivity contribution in [2.24, 2.45) is 0 Å². The molecule has 3 heteroatoms. The van der Waals surface area contributed by atoms with E-state index in [0.717, 1.165) is 22.8 Å². The van der Waals surface area contributed by atoms with Crippen molar-refractivity contribution in [3.05, 3.63) is 35.9 Å². The molecule has 0 aliphatic carbocycles. The highest BCUT2D eigenvalue weighted by Gasteiger charge is 2.30. The van der Waals surface area contributed by atoms with Crippen molar-refractivity contribution < 1.29 is 9.53 Å². The molecule has 0 spiro atoms. The molecule has 1 fully saturated rings. The zero-order valence-corrected chi connectivity index (χ0v) is 10.5. The van der Waals surface area contributed by atoms with E-state index < -0.39 is 0 Å². The van der Waals surface area contributed by atoms with Crippen LogP contribution in [0.3, 0.4) is 0 Å². The number of hydrogen-bond donors (Lipinski definition) is 0. The molecule has 1 aliphatic rings. The van der Waals surface area contributed by atoms with E-state index in [1.54, 1.807) is 0 Å². The molecule has 0 amide bonds. The number of benzene rings is 1. The quantitative estimate of drug-likeness (QED) is 0.487. The molecule has 0 unspecified atom stereocenters. The first-order chi connectivity index (χ1) is 7.31. The van der Waals surface area contributed by atoms with E-state index in [-0.39, 0.29) is 18.0 Å². The minimum absolute atomic E-state index is 0.128. The summed E-state index contributed by atoms with van der Waals surface area (Å²) in [6, 6.07) is 9.39. The van der Waals surface area contributed by atoms with Crippen LogP contribution in [0, 0.1) is 0 Å². The second kappa shape index (κ2) is 5.07. The van der Waals surface area contributed by atoms with E-state index in [4.69, 9.17) is 4.74 Å². The fourth-order valence-electron chi connectivity index (χ4n) is 1.80. The molecule has 0 saturated carbocycles. The topological polar surface area (TPSA) is 26.3 Å². The molecule has 2 nitrogen and oxygen atoms in total. The highest BCUT2D eigenvalue weighted by molar-refractivity contribution is 14.1. The Morgan fingerprint density at radius 3 is 2.67 bits per heavy atom. The molecule has 1 saturated heterocycles. The van der Waals surface area contributed by atoms with E-state index in [1.807, 2.05) is 30.3 Å². The average molecular weight is 316 g/mol. The van der Waals surface area contributed by atoms with Gasteiger partial charge < -0.3 is 4.74 Å². The summed E-state index contributed by atoms with van der Waals surface area (Å²) in [6.45, 7) is 0. The normalized spacial score (nSPS) is 25.4. The van der Waals surface area contributed by atoms with Gasteiger partial charge in [0.2, 0.25) is 0 Å². The minimum Gasteiger partial charge on any atom is -0.366 e. The number of hydrogen-bond acceptors (Lipinski definition) is 2. The fraction of sp³-hybridized carbons (Fsp3) is 0.417. The van der Waals surface area contributed by atoms with E-state index in [9.17, 15) is 4.79 Å². The Morgan fingerprint density at radius 1 is 1.33 bits per heavy atom. The van der Waals surface area contributed by atoms with Crippen LogP contribution >= 0.6 is 22.6 Å². The second-order valence-electron chi connectivity index (χ2n) is 3.71. The van der Waals surface area contributed by atoms with Crippen LogP contribution < -0.4 is 0 Å². The largest absolute Gasteiger partial charge is 0.366 e. The van der Waals surface area contributed by atoms with Gasteiger partial charge >= 0.3 is 0 Å². The van der Waals surface area contributed by atoms with Crippen molar-refractivity contribution in [2.45, 2.75) is 25.0 Å². The molecule has 2 atom stereocenters. The van der Waals surface area contributed by atoms with Crippen molar-refractivity contribution in [3.63, 3.8) is 0 Å². The lowest BCUT2D eigenvalue weighted by Gasteiger charge is -2.10. The molecule has 80 valence electrons. The van der Waals surface area contributed by atoms with Crippen LogP contribution in [0.25, 0.3) is 0 Å². The van der Waals surface area contributed by atoms with Crippen LogP contribution in [0.2, 0.25) is 0 Å². The SMILES string of the molecule is O=C(c1ccccc1)[C@H]1CC[C@@H](CI)O1. The van der Waals surface area contributed by atoms with Gasteiger partial charge in [-0.15, -0.1) is 0 Å². The predicted molar refractivity (Wildman–Crippen MR) is 67.6 cm³/mol. The van der Waals surface area contributed by atoms with Gasteiger partial charge in [0.05, 0.1) is 6.10 Å². The van der Waals surface area contributed by atoms with Gasteiger partial charge in [-0.2, -0.15) is 0 Å². The Bertz CT molecular complexity index is 337. The summed E-state index contributed by atoms with van der Waals surface area (Å²) < 4.78 is 6.64. The third-order valence-electron chi connectivity index (χ3n) is 2.63. The van der Waals surface area contributed by atoms with Gasteiger partial charge in [0.25, 0.3) is 0 Å². The first kappa shape index (κ1) is 11.1. The van der Waals surface area contributed by atoms with Gasteiger partial charge in [-0.05, 0) is 12.8 Å². The number of alkyl halides is 1. The van der Waals surface area contributed by atoms with Crippen LogP contribution in [-0.4, -0.2) is 22.4 Å². The van der Waals surface area contributed by atoms with E-state index in [0.29, 0.717) is 0 Å². The van der Waals surface area contributed by atoms with Gasteiger partial charge in [-0.1, -0.05) is 52.9 Å². The highest BCUT2D eigenvalue weighted by Crippen LogP contribution is 2.23. The molecule has 1 heterocycles. The van der Waals surface area contributed by atoms with Crippen molar-refractivity contribution >= 4 is 28.4 Å². The molecule has 1 aliphatic heterocycles. The van der Waals surface area contributed by atoms with Gasteiger partial charge in [0.15, 0.2) is 5.78 Å². The molecule has 15 heavy (non-hydrogen) atoms. The molecule has 1 aromatic rings. The lowest BCUT2D eigenvalue weighted by molar-refractivity contribution is 0.0454. The number of rotatable bonds is 3. The standard InChI is InChI=1S/C12H13IO2/c13-8-10-6-7-11(15-10)12(14)9-4-2-1-3-5-9/h1-5,10-11H,6-8H2/t10-,11+/m0/s1. The van der Waals surface area contributed by atoms with Gasteiger partial charge in [-0.3, -0.25) is 4.79 Å². The Balaban J connectivity index is 2.04. The number of carbonyl (C=O) groups excluding carboxylic acids is 1. The average Bonchev–Trinajstić information content (AvgIpc) is 2.78. The Hall–Kier alpha value is -0.420. The van der Waals surface area contributed by atoms with Gasteiger partial charge in [0.1, 0.15) is 6.10 Å². The summed E-state index contributed by atoms with van der Waals surface area (Å²) in [5.41, 5.74) is 0.761. The highest BCUT2D eigenvalue weighted by atomic mass is 127. The molecular weight excluding hydrogens is 303 g/mol. The maximum absolute atomic E-state index is 12.0. The number of ether oxygens (including phenoxy) is 1. The smallest absolute Gasteiger partial charge is 0.191 e. The zero-order chi connectivity index (χ0) is 10.7. The van der Waals surface area contributed by atoms with E-state index >= 15 is 0 Å². The lowest BCUT2D eigenvalue weighted by Crippen LogP contribution is -2.21.